The highest BCUT2D eigenvalue weighted by atomic mass is 35.5. The van der Waals surface area contributed by atoms with Crippen molar-refractivity contribution < 1.29 is 9.84 Å². The minimum atomic E-state index is -1.48. The van der Waals surface area contributed by atoms with Crippen LogP contribution in [0, 0.1) is 12.8 Å². The molecule has 0 amide bonds. The Balaban J connectivity index is 1.65. The van der Waals surface area contributed by atoms with Crippen molar-refractivity contribution in [1.82, 2.24) is 24.4 Å². The fourth-order valence-corrected chi connectivity index (χ4v) is 5.36. The molecule has 3 aromatic heterocycles. The Morgan fingerprint density at radius 3 is 2.53 bits per heavy atom. The van der Waals surface area contributed by atoms with Gasteiger partial charge in [0.15, 0.2) is 5.60 Å². The number of benzene rings is 1. The van der Waals surface area contributed by atoms with Gasteiger partial charge in [-0.25, -0.2) is 9.97 Å². The Morgan fingerprint density at radius 2 is 1.89 bits per heavy atom. The molecule has 0 saturated carbocycles. The smallest absolute Gasteiger partial charge is 0.219 e. The standard InChI is InChI=1S/C28H32ClN5O2/c1-18-9-11-34(12-10-18)16-23-26(29)22-13-20(7-8-24(22)32-27(23)36-4)28(35,25-15-30-17-33(25)3)21-6-5-19(2)31-14-21/h5-8,13-15,17-18,35H,9-12,16H2,1-4H3. The highest BCUT2D eigenvalue weighted by Gasteiger charge is 2.37. The number of nitrogens with zero attached hydrogens (tertiary/aromatic N) is 5. The van der Waals surface area contributed by atoms with Gasteiger partial charge in [0.2, 0.25) is 5.88 Å². The number of hydrogen-bond acceptors (Lipinski definition) is 6. The van der Waals surface area contributed by atoms with Crippen molar-refractivity contribution >= 4 is 22.5 Å². The van der Waals surface area contributed by atoms with Crippen molar-refractivity contribution in [1.29, 1.82) is 0 Å². The third kappa shape index (κ3) is 4.36. The molecule has 4 heterocycles. The molecule has 1 N–H and O–H groups in total. The van der Waals surface area contributed by atoms with Gasteiger partial charge in [-0.05, 0) is 62.5 Å². The quantitative estimate of drug-likeness (QED) is 0.403. The summed E-state index contributed by atoms with van der Waals surface area (Å²) in [4.78, 5) is 15.9. The first-order valence-electron chi connectivity index (χ1n) is 12.3. The van der Waals surface area contributed by atoms with E-state index in [4.69, 9.17) is 21.3 Å². The summed E-state index contributed by atoms with van der Waals surface area (Å²) >= 11 is 7.06. The minimum absolute atomic E-state index is 0.545. The average molecular weight is 506 g/mol. The zero-order valence-corrected chi connectivity index (χ0v) is 22.0. The number of aryl methyl sites for hydroxylation is 2. The lowest BCUT2D eigenvalue weighted by Gasteiger charge is -2.31. The summed E-state index contributed by atoms with van der Waals surface area (Å²) < 4.78 is 7.48. The molecule has 0 bridgehead atoms. The fraction of sp³-hybridized carbons (Fsp3) is 0.393. The van der Waals surface area contributed by atoms with Crippen LogP contribution in [0.2, 0.25) is 5.02 Å². The Morgan fingerprint density at radius 1 is 1.14 bits per heavy atom. The number of aliphatic hydroxyl groups is 1. The Hall–Kier alpha value is -3.00. The zero-order chi connectivity index (χ0) is 25.4. The molecule has 36 heavy (non-hydrogen) atoms. The molecule has 0 aliphatic carbocycles. The maximum Gasteiger partial charge on any atom is 0.219 e. The lowest BCUT2D eigenvalue weighted by Crippen LogP contribution is -2.32. The molecule has 5 rings (SSSR count). The highest BCUT2D eigenvalue weighted by Crippen LogP contribution is 2.40. The van der Waals surface area contributed by atoms with Crippen molar-refractivity contribution in [2.75, 3.05) is 20.2 Å². The monoisotopic (exact) mass is 505 g/mol. The van der Waals surface area contributed by atoms with Gasteiger partial charge in [0.1, 0.15) is 0 Å². The number of halogens is 1. The van der Waals surface area contributed by atoms with E-state index in [2.05, 4.69) is 21.8 Å². The largest absolute Gasteiger partial charge is 0.481 e. The van der Waals surface area contributed by atoms with E-state index in [9.17, 15) is 5.11 Å². The summed E-state index contributed by atoms with van der Waals surface area (Å²) in [6.07, 6.45) is 7.42. The van der Waals surface area contributed by atoms with Crippen LogP contribution >= 0.6 is 11.6 Å². The van der Waals surface area contributed by atoms with E-state index < -0.39 is 5.60 Å². The lowest BCUT2D eigenvalue weighted by molar-refractivity contribution is 0.117. The van der Waals surface area contributed by atoms with E-state index in [1.54, 1.807) is 25.8 Å². The summed E-state index contributed by atoms with van der Waals surface area (Å²) in [7, 11) is 3.50. The predicted octanol–water partition coefficient (Wildman–Crippen LogP) is 4.85. The summed E-state index contributed by atoms with van der Waals surface area (Å²) in [5, 5.41) is 13.7. The molecular formula is C28H32ClN5O2. The van der Waals surface area contributed by atoms with E-state index in [-0.39, 0.29) is 0 Å². The number of ether oxygens (including phenoxy) is 1. The lowest BCUT2D eigenvalue weighted by atomic mass is 9.83. The van der Waals surface area contributed by atoms with Crippen LogP contribution in [0.25, 0.3) is 10.9 Å². The Bertz CT molecular complexity index is 1380. The fourth-order valence-electron chi connectivity index (χ4n) is 5.07. The maximum atomic E-state index is 12.3. The van der Waals surface area contributed by atoms with E-state index >= 15 is 0 Å². The minimum Gasteiger partial charge on any atom is -0.481 e. The van der Waals surface area contributed by atoms with E-state index in [0.29, 0.717) is 39.8 Å². The third-order valence-electron chi connectivity index (χ3n) is 7.36. The molecule has 1 saturated heterocycles. The summed E-state index contributed by atoms with van der Waals surface area (Å²) in [5.74, 6) is 1.29. The second-order valence-electron chi connectivity index (χ2n) is 9.89. The number of imidazole rings is 1. The summed E-state index contributed by atoms with van der Waals surface area (Å²) in [6.45, 7) is 6.96. The summed E-state index contributed by atoms with van der Waals surface area (Å²) in [6, 6.07) is 9.49. The molecule has 1 fully saturated rings. The molecule has 4 aromatic rings. The zero-order valence-electron chi connectivity index (χ0n) is 21.2. The molecule has 0 spiro atoms. The van der Waals surface area contributed by atoms with Gasteiger partial charge in [0.25, 0.3) is 0 Å². The third-order valence-corrected chi connectivity index (χ3v) is 7.80. The van der Waals surface area contributed by atoms with Crippen molar-refractivity contribution in [2.24, 2.45) is 13.0 Å². The van der Waals surface area contributed by atoms with Crippen LogP contribution in [0.15, 0.2) is 49.1 Å². The van der Waals surface area contributed by atoms with Gasteiger partial charge in [0.05, 0.1) is 35.9 Å². The second kappa shape index (κ2) is 9.81. The first kappa shape index (κ1) is 24.7. The van der Waals surface area contributed by atoms with E-state index in [0.717, 1.165) is 35.7 Å². The number of pyridine rings is 2. The van der Waals surface area contributed by atoms with Crippen LogP contribution in [0.5, 0.6) is 5.88 Å². The van der Waals surface area contributed by atoms with Gasteiger partial charge in [-0.2, -0.15) is 0 Å². The molecule has 1 aromatic carbocycles. The maximum absolute atomic E-state index is 12.3. The van der Waals surface area contributed by atoms with Gasteiger partial charge in [-0.1, -0.05) is 30.7 Å². The first-order valence-corrected chi connectivity index (χ1v) is 12.7. The molecule has 0 radical (unpaired) electrons. The predicted molar refractivity (Wildman–Crippen MR) is 141 cm³/mol. The highest BCUT2D eigenvalue weighted by molar-refractivity contribution is 6.36. The Kier molecular flexibility index (Phi) is 6.72. The normalized spacial score (nSPS) is 16.8. The number of rotatable bonds is 6. The van der Waals surface area contributed by atoms with Crippen molar-refractivity contribution in [3.63, 3.8) is 0 Å². The summed E-state index contributed by atoms with van der Waals surface area (Å²) in [5.41, 5.74) is 2.93. The van der Waals surface area contributed by atoms with Crippen LogP contribution in [0.4, 0.5) is 0 Å². The van der Waals surface area contributed by atoms with Crippen LogP contribution in [0.1, 0.15) is 47.8 Å². The van der Waals surface area contributed by atoms with Gasteiger partial charge in [0, 0.05) is 42.0 Å². The van der Waals surface area contributed by atoms with Gasteiger partial charge in [-0.3, -0.25) is 9.88 Å². The van der Waals surface area contributed by atoms with Gasteiger partial charge >= 0.3 is 0 Å². The molecule has 1 atom stereocenters. The SMILES string of the molecule is COc1nc2ccc(C(O)(c3ccc(C)nc3)c3cncn3C)cc2c(Cl)c1CN1CCC(C)CC1. The Labute approximate surface area is 216 Å². The average Bonchev–Trinajstić information content (AvgIpc) is 3.33. The van der Waals surface area contributed by atoms with Gasteiger partial charge in [-0.15, -0.1) is 0 Å². The van der Waals surface area contributed by atoms with E-state index in [1.807, 2.05) is 48.9 Å². The van der Waals surface area contributed by atoms with Crippen LogP contribution in [-0.2, 0) is 19.2 Å². The second-order valence-corrected chi connectivity index (χ2v) is 10.3. The topological polar surface area (TPSA) is 76.3 Å². The molecule has 7 nitrogen and oxygen atoms in total. The van der Waals surface area contributed by atoms with Gasteiger partial charge < -0.3 is 14.4 Å². The number of likely N-dealkylation sites (tertiary alicyclic amines) is 1. The van der Waals surface area contributed by atoms with Crippen LogP contribution < -0.4 is 4.74 Å². The molecule has 1 aliphatic heterocycles. The molecule has 1 unspecified atom stereocenters. The van der Waals surface area contributed by atoms with Crippen molar-refractivity contribution in [2.45, 2.75) is 38.8 Å². The van der Waals surface area contributed by atoms with Crippen LogP contribution in [-0.4, -0.2) is 49.7 Å². The molecule has 8 heteroatoms. The van der Waals surface area contributed by atoms with E-state index in [1.165, 1.54) is 12.8 Å². The molecule has 188 valence electrons. The molecular weight excluding hydrogens is 474 g/mol. The number of aromatic nitrogens is 4. The number of methoxy groups -OCH3 is 1. The number of fused-ring (bicyclic) bond motifs is 1. The van der Waals surface area contributed by atoms with Crippen molar-refractivity contribution in [3.05, 3.63) is 82.2 Å². The first-order chi connectivity index (χ1) is 17.3. The number of hydrogen-bond donors (Lipinski definition) is 1. The molecule has 1 aliphatic rings. The van der Waals surface area contributed by atoms with Crippen LogP contribution in [0.3, 0.4) is 0 Å². The number of piperidine rings is 1. The van der Waals surface area contributed by atoms with Crippen molar-refractivity contribution in [3.8, 4) is 5.88 Å².